The van der Waals surface area contributed by atoms with E-state index < -0.39 is 41.1 Å². The number of hydrogen-bond acceptors (Lipinski definition) is 6. The van der Waals surface area contributed by atoms with Gasteiger partial charge in [-0.2, -0.15) is 0 Å². The highest BCUT2D eigenvalue weighted by molar-refractivity contribution is 6.02. The predicted molar refractivity (Wildman–Crippen MR) is 94.4 cm³/mol. The van der Waals surface area contributed by atoms with E-state index in [2.05, 4.69) is 0 Å². The van der Waals surface area contributed by atoms with Crippen LogP contribution >= 0.6 is 0 Å². The molecule has 0 aliphatic heterocycles. The quantitative estimate of drug-likeness (QED) is 0.638. The Hall–Kier alpha value is -2.21. The van der Waals surface area contributed by atoms with E-state index in [0.29, 0.717) is 5.56 Å². The lowest BCUT2D eigenvalue weighted by Crippen LogP contribution is -2.55. The highest BCUT2D eigenvalue weighted by Crippen LogP contribution is 2.46. The number of benzene rings is 1. The molecule has 0 unspecified atom stereocenters. The normalized spacial score (nSPS) is 28.5. The minimum absolute atomic E-state index is 0.129. The number of carbonyl (C=O) groups is 3. The van der Waals surface area contributed by atoms with Crippen LogP contribution in [0.5, 0.6) is 0 Å². The average molecular weight is 362 g/mol. The molecule has 6 heteroatoms. The zero-order valence-electron chi connectivity index (χ0n) is 15.7. The van der Waals surface area contributed by atoms with Crippen LogP contribution in [0.25, 0.3) is 0 Å². The lowest BCUT2D eigenvalue weighted by Gasteiger charge is -2.43. The van der Waals surface area contributed by atoms with Crippen LogP contribution in [0.2, 0.25) is 0 Å². The van der Waals surface area contributed by atoms with Gasteiger partial charge in [0, 0.05) is 12.3 Å². The second kappa shape index (κ2) is 7.99. The first kappa shape index (κ1) is 20.1. The molecule has 1 aromatic rings. The average Bonchev–Trinajstić information content (AvgIpc) is 2.54. The highest BCUT2D eigenvalue weighted by Gasteiger charge is 2.57. The lowest BCUT2D eigenvalue weighted by atomic mass is 9.61. The van der Waals surface area contributed by atoms with Gasteiger partial charge in [-0.15, -0.1) is 0 Å². The SMILES string of the molecule is CCOC(=O)[C@@H]1C(=O)C[C@](C)(O)[C@@H](C(=O)OCC)[C@@H]1c1ccc(C)cc1. The number of esters is 2. The molecule has 142 valence electrons. The number of aryl methyl sites for hydroxylation is 1. The van der Waals surface area contributed by atoms with Gasteiger partial charge in [0.25, 0.3) is 0 Å². The Bertz CT molecular complexity index is 676. The van der Waals surface area contributed by atoms with E-state index in [-0.39, 0.29) is 19.6 Å². The van der Waals surface area contributed by atoms with Gasteiger partial charge in [-0.3, -0.25) is 14.4 Å². The van der Waals surface area contributed by atoms with E-state index in [1.165, 1.54) is 6.92 Å². The largest absolute Gasteiger partial charge is 0.466 e. The van der Waals surface area contributed by atoms with Crippen molar-refractivity contribution in [1.82, 2.24) is 0 Å². The molecular weight excluding hydrogens is 336 g/mol. The fraction of sp³-hybridized carbons (Fsp3) is 0.550. The molecule has 26 heavy (non-hydrogen) atoms. The predicted octanol–water partition coefficient (Wildman–Crippen LogP) is 2.16. The summed E-state index contributed by atoms with van der Waals surface area (Å²) in [4.78, 5) is 37.9. The zero-order valence-corrected chi connectivity index (χ0v) is 15.7. The van der Waals surface area contributed by atoms with Gasteiger partial charge in [0.1, 0.15) is 5.92 Å². The maximum atomic E-state index is 12.7. The molecule has 1 fully saturated rings. The number of Topliss-reactive ketones (excluding diaryl/α,β-unsaturated/α-hetero) is 1. The minimum atomic E-state index is -1.61. The fourth-order valence-corrected chi connectivity index (χ4v) is 3.67. The van der Waals surface area contributed by atoms with E-state index >= 15 is 0 Å². The molecule has 1 N–H and O–H groups in total. The Morgan fingerprint density at radius 2 is 1.65 bits per heavy atom. The molecule has 1 aliphatic carbocycles. The van der Waals surface area contributed by atoms with Crippen molar-refractivity contribution in [2.24, 2.45) is 11.8 Å². The Balaban J connectivity index is 2.59. The summed E-state index contributed by atoms with van der Waals surface area (Å²) < 4.78 is 10.2. The van der Waals surface area contributed by atoms with E-state index in [4.69, 9.17) is 9.47 Å². The molecule has 4 atom stereocenters. The molecule has 6 nitrogen and oxygen atoms in total. The van der Waals surface area contributed by atoms with Gasteiger partial charge < -0.3 is 14.6 Å². The van der Waals surface area contributed by atoms with Crippen molar-refractivity contribution in [1.29, 1.82) is 0 Å². The summed E-state index contributed by atoms with van der Waals surface area (Å²) in [6.07, 6.45) is -0.303. The number of ether oxygens (including phenoxy) is 2. The van der Waals surface area contributed by atoms with Gasteiger partial charge in [-0.25, -0.2) is 0 Å². The van der Waals surface area contributed by atoms with Crippen LogP contribution in [0.4, 0.5) is 0 Å². The van der Waals surface area contributed by atoms with Crippen molar-refractivity contribution >= 4 is 17.7 Å². The van der Waals surface area contributed by atoms with Gasteiger partial charge in [0.2, 0.25) is 0 Å². The topological polar surface area (TPSA) is 89.9 Å². The van der Waals surface area contributed by atoms with Crippen molar-refractivity contribution in [3.05, 3.63) is 35.4 Å². The second-order valence-corrected chi connectivity index (χ2v) is 6.90. The lowest BCUT2D eigenvalue weighted by molar-refractivity contribution is -0.172. The number of rotatable bonds is 5. The molecule has 0 saturated heterocycles. The first-order valence-corrected chi connectivity index (χ1v) is 8.87. The third-order valence-corrected chi connectivity index (χ3v) is 4.81. The Morgan fingerprint density at radius 1 is 1.12 bits per heavy atom. The summed E-state index contributed by atoms with van der Waals surface area (Å²) in [5, 5.41) is 10.8. The third kappa shape index (κ3) is 3.96. The standard InChI is InChI=1S/C20H26O6/c1-5-25-18(22)16-14(21)11-20(4,24)17(19(23)26-6-2)15(16)13-9-7-12(3)8-10-13/h7-10,15-17,24H,5-6,11H2,1-4H3/t15-,16-,17-,20+/m1/s1. The number of carbonyl (C=O) groups excluding carboxylic acids is 3. The summed E-state index contributed by atoms with van der Waals surface area (Å²) in [6, 6.07) is 7.22. The molecule has 1 saturated carbocycles. The minimum Gasteiger partial charge on any atom is -0.466 e. The summed E-state index contributed by atoms with van der Waals surface area (Å²) in [7, 11) is 0. The summed E-state index contributed by atoms with van der Waals surface area (Å²) in [5.74, 6) is -4.76. The molecule has 0 heterocycles. The second-order valence-electron chi connectivity index (χ2n) is 6.90. The molecule has 0 spiro atoms. The summed E-state index contributed by atoms with van der Waals surface area (Å²) in [5.41, 5.74) is 0.0186. The van der Waals surface area contributed by atoms with Gasteiger partial charge in [0.05, 0.1) is 24.7 Å². The highest BCUT2D eigenvalue weighted by atomic mass is 16.5. The van der Waals surface area contributed by atoms with Crippen LogP contribution in [-0.2, 0) is 23.9 Å². The summed E-state index contributed by atoms with van der Waals surface area (Å²) in [6.45, 7) is 6.95. The first-order chi connectivity index (χ1) is 12.2. The first-order valence-electron chi connectivity index (χ1n) is 8.87. The molecule has 0 bridgehead atoms. The van der Waals surface area contributed by atoms with E-state index in [9.17, 15) is 19.5 Å². The molecule has 0 amide bonds. The van der Waals surface area contributed by atoms with Gasteiger partial charge in [-0.05, 0) is 33.3 Å². The number of aliphatic hydroxyl groups is 1. The zero-order chi connectivity index (χ0) is 19.5. The van der Waals surface area contributed by atoms with Crippen molar-refractivity contribution in [3.8, 4) is 0 Å². The Morgan fingerprint density at radius 3 is 2.19 bits per heavy atom. The Kier molecular flexibility index (Phi) is 6.18. The van der Waals surface area contributed by atoms with Crippen molar-refractivity contribution in [2.45, 2.75) is 45.6 Å². The summed E-state index contributed by atoms with van der Waals surface area (Å²) >= 11 is 0. The van der Waals surface area contributed by atoms with Gasteiger partial charge in [-0.1, -0.05) is 29.8 Å². The molecule has 0 radical (unpaired) electrons. The van der Waals surface area contributed by atoms with Crippen molar-refractivity contribution < 1.29 is 29.0 Å². The van der Waals surface area contributed by atoms with Crippen molar-refractivity contribution in [2.75, 3.05) is 13.2 Å². The van der Waals surface area contributed by atoms with Crippen LogP contribution in [0.1, 0.15) is 44.2 Å². The smallest absolute Gasteiger partial charge is 0.317 e. The van der Waals surface area contributed by atoms with E-state index in [0.717, 1.165) is 5.56 Å². The molecule has 1 aromatic carbocycles. The van der Waals surface area contributed by atoms with Gasteiger partial charge in [0.15, 0.2) is 5.78 Å². The van der Waals surface area contributed by atoms with Crippen LogP contribution in [-0.4, -0.2) is 41.6 Å². The maximum Gasteiger partial charge on any atom is 0.317 e. The molecule has 2 rings (SSSR count). The maximum absolute atomic E-state index is 12.7. The molecule has 0 aromatic heterocycles. The number of hydrogen-bond donors (Lipinski definition) is 1. The fourth-order valence-electron chi connectivity index (χ4n) is 3.67. The van der Waals surface area contributed by atoms with Gasteiger partial charge >= 0.3 is 11.9 Å². The monoisotopic (exact) mass is 362 g/mol. The number of ketones is 1. The van der Waals surface area contributed by atoms with Crippen LogP contribution in [0, 0.1) is 18.8 Å². The molecular formula is C20H26O6. The Labute approximate surface area is 153 Å². The molecule has 1 aliphatic rings. The third-order valence-electron chi connectivity index (χ3n) is 4.81. The van der Waals surface area contributed by atoms with E-state index in [1.54, 1.807) is 26.0 Å². The van der Waals surface area contributed by atoms with E-state index in [1.807, 2.05) is 19.1 Å². The van der Waals surface area contributed by atoms with Crippen LogP contribution in [0.3, 0.4) is 0 Å². The van der Waals surface area contributed by atoms with Crippen LogP contribution < -0.4 is 0 Å². The van der Waals surface area contributed by atoms with Crippen molar-refractivity contribution in [3.63, 3.8) is 0 Å². The van der Waals surface area contributed by atoms with Crippen LogP contribution in [0.15, 0.2) is 24.3 Å².